The van der Waals surface area contributed by atoms with Gasteiger partial charge in [0.15, 0.2) is 0 Å². The van der Waals surface area contributed by atoms with Gasteiger partial charge < -0.3 is 14.9 Å². The number of anilines is 1. The highest BCUT2D eigenvalue weighted by atomic mass is 16.4. The van der Waals surface area contributed by atoms with E-state index in [0.717, 1.165) is 18.8 Å². The standard InChI is InChI=1S/C15H21N3O3/c1-11(2)9-14(19)18-7-5-17(6-8-18)12-3-4-13(15(20)21)16-10-12/h3-4,10-11H,5-9H2,1-2H3,(H,20,21). The van der Waals surface area contributed by atoms with Gasteiger partial charge in [-0.25, -0.2) is 9.78 Å². The molecule has 0 unspecified atom stereocenters. The van der Waals surface area contributed by atoms with E-state index < -0.39 is 5.97 Å². The molecule has 2 heterocycles. The second kappa shape index (κ2) is 6.56. The fourth-order valence-electron chi connectivity index (χ4n) is 2.39. The van der Waals surface area contributed by atoms with Crippen molar-refractivity contribution in [1.82, 2.24) is 9.88 Å². The third kappa shape index (κ3) is 3.93. The molecule has 1 aliphatic rings. The maximum Gasteiger partial charge on any atom is 0.354 e. The summed E-state index contributed by atoms with van der Waals surface area (Å²) in [5.41, 5.74) is 0.945. The van der Waals surface area contributed by atoms with Crippen LogP contribution < -0.4 is 4.90 Å². The topological polar surface area (TPSA) is 73.7 Å². The Hall–Kier alpha value is -2.11. The summed E-state index contributed by atoms with van der Waals surface area (Å²) >= 11 is 0. The highest BCUT2D eigenvalue weighted by Gasteiger charge is 2.21. The summed E-state index contributed by atoms with van der Waals surface area (Å²) in [6.45, 7) is 6.99. The van der Waals surface area contributed by atoms with Crippen LogP contribution in [0.3, 0.4) is 0 Å². The summed E-state index contributed by atoms with van der Waals surface area (Å²) < 4.78 is 0. The summed E-state index contributed by atoms with van der Waals surface area (Å²) in [7, 11) is 0. The number of aromatic nitrogens is 1. The molecule has 1 amide bonds. The molecule has 6 heteroatoms. The monoisotopic (exact) mass is 291 g/mol. The minimum Gasteiger partial charge on any atom is -0.477 e. The molecule has 1 aliphatic heterocycles. The summed E-state index contributed by atoms with van der Waals surface area (Å²) in [6.07, 6.45) is 2.17. The first-order valence-electron chi connectivity index (χ1n) is 7.19. The zero-order chi connectivity index (χ0) is 15.4. The Morgan fingerprint density at radius 2 is 1.90 bits per heavy atom. The maximum absolute atomic E-state index is 12.0. The summed E-state index contributed by atoms with van der Waals surface area (Å²) in [4.78, 5) is 30.7. The van der Waals surface area contributed by atoms with Gasteiger partial charge >= 0.3 is 5.97 Å². The number of nitrogens with zero attached hydrogens (tertiary/aromatic N) is 3. The lowest BCUT2D eigenvalue weighted by atomic mass is 10.1. The minimum atomic E-state index is -1.02. The van der Waals surface area contributed by atoms with E-state index in [0.29, 0.717) is 25.4 Å². The lowest BCUT2D eigenvalue weighted by molar-refractivity contribution is -0.132. The van der Waals surface area contributed by atoms with Crippen molar-refractivity contribution in [3.63, 3.8) is 0 Å². The van der Waals surface area contributed by atoms with Crippen molar-refractivity contribution in [2.45, 2.75) is 20.3 Å². The second-order valence-electron chi connectivity index (χ2n) is 5.67. The van der Waals surface area contributed by atoms with E-state index in [2.05, 4.69) is 9.88 Å². The van der Waals surface area contributed by atoms with E-state index >= 15 is 0 Å². The number of rotatable bonds is 4. The molecule has 2 rings (SSSR count). The molecule has 1 aromatic rings. The molecule has 1 N–H and O–H groups in total. The molecule has 1 saturated heterocycles. The Balaban J connectivity index is 1.91. The molecule has 0 saturated carbocycles. The third-order valence-electron chi connectivity index (χ3n) is 3.55. The van der Waals surface area contributed by atoms with Crippen molar-refractivity contribution in [1.29, 1.82) is 0 Å². The molecule has 1 aromatic heterocycles. The van der Waals surface area contributed by atoms with E-state index in [4.69, 9.17) is 5.11 Å². The number of carbonyl (C=O) groups is 2. The third-order valence-corrected chi connectivity index (χ3v) is 3.55. The van der Waals surface area contributed by atoms with Crippen molar-refractivity contribution in [2.24, 2.45) is 5.92 Å². The van der Waals surface area contributed by atoms with Crippen LogP contribution in [0, 0.1) is 5.92 Å². The number of hydrogen-bond acceptors (Lipinski definition) is 4. The van der Waals surface area contributed by atoms with Gasteiger partial charge in [0.2, 0.25) is 5.91 Å². The zero-order valence-corrected chi connectivity index (χ0v) is 12.5. The van der Waals surface area contributed by atoms with Crippen LogP contribution in [0.4, 0.5) is 5.69 Å². The Labute approximate surface area is 124 Å². The molecule has 0 aliphatic carbocycles. The quantitative estimate of drug-likeness (QED) is 0.909. The Bertz CT molecular complexity index is 505. The molecule has 1 fully saturated rings. The Morgan fingerprint density at radius 1 is 1.24 bits per heavy atom. The van der Waals surface area contributed by atoms with E-state index in [-0.39, 0.29) is 11.6 Å². The maximum atomic E-state index is 12.0. The van der Waals surface area contributed by atoms with Gasteiger partial charge in [-0.3, -0.25) is 4.79 Å². The first kappa shape index (κ1) is 15.3. The van der Waals surface area contributed by atoms with E-state index in [1.165, 1.54) is 6.07 Å². The van der Waals surface area contributed by atoms with Crippen LogP contribution in [0.1, 0.15) is 30.8 Å². The summed E-state index contributed by atoms with van der Waals surface area (Å²) in [6, 6.07) is 3.27. The molecule has 6 nitrogen and oxygen atoms in total. The van der Waals surface area contributed by atoms with E-state index in [1.54, 1.807) is 12.3 Å². The second-order valence-corrected chi connectivity index (χ2v) is 5.67. The molecule has 0 radical (unpaired) electrons. The molecule has 0 aromatic carbocycles. The molecule has 0 bridgehead atoms. The smallest absolute Gasteiger partial charge is 0.354 e. The van der Waals surface area contributed by atoms with Crippen LogP contribution in [0.5, 0.6) is 0 Å². The van der Waals surface area contributed by atoms with Crippen molar-refractivity contribution >= 4 is 17.6 Å². The van der Waals surface area contributed by atoms with Crippen molar-refractivity contribution in [2.75, 3.05) is 31.1 Å². The largest absolute Gasteiger partial charge is 0.477 e. The minimum absolute atomic E-state index is 0.0458. The lowest BCUT2D eigenvalue weighted by Crippen LogP contribution is -2.49. The fourth-order valence-corrected chi connectivity index (χ4v) is 2.39. The van der Waals surface area contributed by atoms with Gasteiger partial charge in [-0.2, -0.15) is 0 Å². The first-order valence-corrected chi connectivity index (χ1v) is 7.19. The zero-order valence-electron chi connectivity index (χ0n) is 12.5. The first-order chi connectivity index (χ1) is 9.97. The highest BCUT2D eigenvalue weighted by molar-refractivity contribution is 5.85. The SMILES string of the molecule is CC(C)CC(=O)N1CCN(c2ccc(C(=O)O)nc2)CC1. The lowest BCUT2D eigenvalue weighted by Gasteiger charge is -2.36. The van der Waals surface area contributed by atoms with Gasteiger partial charge in [0.1, 0.15) is 5.69 Å². The average Bonchev–Trinajstić information content (AvgIpc) is 2.47. The average molecular weight is 291 g/mol. The molecular formula is C15H21N3O3. The molecule has 21 heavy (non-hydrogen) atoms. The van der Waals surface area contributed by atoms with Crippen LogP contribution in [0.15, 0.2) is 18.3 Å². The Kier molecular flexibility index (Phi) is 4.77. The van der Waals surface area contributed by atoms with Crippen LogP contribution in [0.25, 0.3) is 0 Å². The fraction of sp³-hybridized carbons (Fsp3) is 0.533. The molecular weight excluding hydrogens is 270 g/mol. The van der Waals surface area contributed by atoms with E-state index in [1.807, 2.05) is 18.7 Å². The number of amides is 1. The summed E-state index contributed by atoms with van der Waals surface area (Å²) in [5, 5.41) is 8.83. The number of carboxylic acid groups (broad SMARTS) is 1. The normalized spacial score (nSPS) is 15.4. The van der Waals surface area contributed by atoms with Gasteiger partial charge in [0.25, 0.3) is 0 Å². The number of piperazine rings is 1. The predicted molar refractivity (Wildman–Crippen MR) is 79.4 cm³/mol. The van der Waals surface area contributed by atoms with Gasteiger partial charge in [0.05, 0.1) is 11.9 Å². The van der Waals surface area contributed by atoms with Crippen LogP contribution in [-0.2, 0) is 4.79 Å². The number of aromatic carboxylic acids is 1. The van der Waals surface area contributed by atoms with Gasteiger partial charge in [-0.05, 0) is 18.1 Å². The number of pyridine rings is 1. The molecule has 0 spiro atoms. The van der Waals surface area contributed by atoms with Crippen LogP contribution >= 0.6 is 0 Å². The van der Waals surface area contributed by atoms with E-state index in [9.17, 15) is 9.59 Å². The van der Waals surface area contributed by atoms with Crippen molar-refractivity contribution in [3.8, 4) is 0 Å². The van der Waals surface area contributed by atoms with Crippen molar-refractivity contribution in [3.05, 3.63) is 24.0 Å². The van der Waals surface area contributed by atoms with Crippen LogP contribution in [-0.4, -0.2) is 53.0 Å². The van der Waals surface area contributed by atoms with Crippen molar-refractivity contribution < 1.29 is 14.7 Å². The number of carbonyl (C=O) groups excluding carboxylic acids is 1. The Morgan fingerprint density at radius 3 is 2.38 bits per heavy atom. The molecule has 0 atom stereocenters. The summed E-state index contributed by atoms with van der Waals surface area (Å²) in [5.74, 6) is -0.432. The van der Waals surface area contributed by atoms with Crippen LogP contribution in [0.2, 0.25) is 0 Å². The molecule has 114 valence electrons. The number of carboxylic acids is 1. The van der Waals surface area contributed by atoms with Gasteiger partial charge in [-0.15, -0.1) is 0 Å². The van der Waals surface area contributed by atoms with Gasteiger partial charge in [-0.1, -0.05) is 13.8 Å². The highest BCUT2D eigenvalue weighted by Crippen LogP contribution is 2.16. The van der Waals surface area contributed by atoms with Gasteiger partial charge in [0, 0.05) is 32.6 Å². The predicted octanol–water partition coefficient (Wildman–Crippen LogP) is 1.47. The number of hydrogen-bond donors (Lipinski definition) is 1.